The molecule has 2 aromatic carbocycles. The molecule has 0 aliphatic heterocycles. The van der Waals surface area contributed by atoms with E-state index >= 15 is 0 Å². The number of hydrogen-bond donors (Lipinski definition) is 1. The van der Waals surface area contributed by atoms with Crippen LogP contribution in [0, 0.1) is 20.8 Å². The number of ether oxygens (including phenoxy) is 2. The van der Waals surface area contributed by atoms with Gasteiger partial charge in [0.05, 0.1) is 5.69 Å². The van der Waals surface area contributed by atoms with Crippen molar-refractivity contribution in [2.45, 2.75) is 20.8 Å². The maximum Gasteiger partial charge on any atom is 0.262 e. The summed E-state index contributed by atoms with van der Waals surface area (Å²) in [7, 11) is 0. The Labute approximate surface area is 185 Å². The van der Waals surface area contributed by atoms with Gasteiger partial charge in [0.15, 0.2) is 12.4 Å². The van der Waals surface area contributed by atoms with Crippen LogP contribution >= 0.6 is 0 Å². The average Bonchev–Trinajstić information content (AvgIpc) is 3.13. The van der Waals surface area contributed by atoms with Gasteiger partial charge in [-0.3, -0.25) is 4.79 Å². The van der Waals surface area contributed by atoms with Crippen molar-refractivity contribution < 1.29 is 14.3 Å². The predicted octanol–water partition coefficient (Wildman–Crippen LogP) is 4.40. The third-order valence-electron chi connectivity index (χ3n) is 4.61. The van der Waals surface area contributed by atoms with Crippen molar-refractivity contribution in [2.75, 3.05) is 11.9 Å². The topological polar surface area (TPSA) is 91.2 Å². The van der Waals surface area contributed by atoms with Gasteiger partial charge >= 0.3 is 0 Å². The first-order valence-corrected chi connectivity index (χ1v) is 10.1. The van der Waals surface area contributed by atoms with Gasteiger partial charge in [0.2, 0.25) is 5.88 Å². The van der Waals surface area contributed by atoms with E-state index in [1.54, 1.807) is 35.0 Å². The Morgan fingerprint density at radius 3 is 2.34 bits per heavy atom. The predicted molar refractivity (Wildman–Crippen MR) is 120 cm³/mol. The SMILES string of the molecule is Cc1ccc(OCC(=O)Nc2ccc(Oc3cc(-n4nc(C)cc4C)ncn3)cc2)cc1. The molecular formula is C24H23N5O3. The maximum absolute atomic E-state index is 12.1. The summed E-state index contributed by atoms with van der Waals surface area (Å²) >= 11 is 0. The summed E-state index contributed by atoms with van der Waals surface area (Å²) in [6, 6.07) is 18.2. The molecule has 0 saturated carbocycles. The molecule has 162 valence electrons. The number of aromatic nitrogens is 4. The van der Waals surface area contributed by atoms with Crippen LogP contribution in [-0.2, 0) is 4.79 Å². The van der Waals surface area contributed by atoms with Crippen LogP contribution < -0.4 is 14.8 Å². The zero-order valence-corrected chi connectivity index (χ0v) is 18.1. The highest BCUT2D eigenvalue weighted by atomic mass is 16.5. The normalized spacial score (nSPS) is 10.6. The molecule has 8 heteroatoms. The van der Waals surface area contributed by atoms with Gasteiger partial charge in [-0.1, -0.05) is 17.7 Å². The fourth-order valence-electron chi connectivity index (χ4n) is 3.07. The second-order valence-corrected chi connectivity index (χ2v) is 7.33. The van der Waals surface area contributed by atoms with Crippen LogP contribution in [0.15, 0.2) is 67.0 Å². The zero-order chi connectivity index (χ0) is 22.5. The molecule has 0 atom stereocenters. The van der Waals surface area contributed by atoms with Crippen molar-refractivity contribution in [2.24, 2.45) is 0 Å². The molecule has 0 aliphatic rings. The monoisotopic (exact) mass is 429 g/mol. The molecule has 2 aromatic heterocycles. The van der Waals surface area contributed by atoms with Gasteiger partial charge in [-0.25, -0.2) is 14.6 Å². The molecule has 2 heterocycles. The first kappa shape index (κ1) is 21.0. The van der Waals surface area contributed by atoms with Crippen molar-refractivity contribution in [3.05, 3.63) is 83.9 Å². The summed E-state index contributed by atoms with van der Waals surface area (Å²) in [5, 5.41) is 7.22. The Kier molecular flexibility index (Phi) is 6.12. The minimum Gasteiger partial charge on any atom is -0.484 e. The minimum absolute atomic E-state index is 0.0721. The van der Waals surface area contributed by atoms with E-state index in [0.717, 1.165) is 17.0 Å². The van der Waals surface area contributed by atoms with Crippen molar-refractivity contribution in [1.29, 1.82) is 0 Å². The summed E-state index contributed by atoms with van der Waals surface area (Å²) in [6.45, 7) is 5.81. The summed E-state index contributed by atoms with van der Waals surface area (Å²) in [5.74, 6) is 2.00. The fourth-order valence-corrected chi connectivity index (χ4v) is 3.07. The van der Waals surface area contributed by atoms with Crippen molar-refractivity contribution >= 4 is 11.6 Å². The number of aryl methyl sites for hydroxylation is 3. The molecule has 0 radical (unpaired) electrons. The number of anilines is 1. The molecule has 0 bridgehead atoms. The van der Waals surface area contributed by atoms with E-state index in [0.29, 0.717) is 28.9 Å². The number of nitrogens with zero attached hydrogens (tertiary/aromatic N) is 4. The number of amides is 1. The number of carbonyl (C=O) groups excluding carboxylic acids is 1. The molecule has 1 N–H and O–H groups in total. The van der Waals surface area contributed by atoms with Crippen LogP contribution in [0.2, 0.25) is 0 Å². The van der Waals surface area contributed by atoms with Gasteiger partial charge in [-0.05, 0) is 63.2 Å². The Morgan fingerprint density at radius 2 is 1.66 bits per heavy atom. The van der Waals surface area contributed by atoms with Crippen LogP contribution in [0.5, 0.6) is 17.4 Å². The quantitative estimate of drug-likeness (QED) is 0.468. The van der Waals surface area contributed by atoms with E-state index in [-0.39, 0.29) is 12.5 Å². The number of carbonyl (C=O) groups is 1. The summed E-state index contributed by atoms with van der Waals surface area (Å²) in [4.78, 5) is 20.6. The molecule has 0 unspecified atom stereocenters. The largest absolute Gasteiger partial charge is 0.484 e. The van der Waals surface area contributed by atoms with E-state index in [2.05, 4.69) is 20.4 Å². The summed E-state index contributed by atoms with van der Waals surface area (Å²) < 4.78 is 13.1. The number of hydrogen-bond acceptors (Lipinski definition) is 6. The standard InChI is InChI=1S/C24H23N5O3/c1-16-4-8-20(9-5-16)31-14-23(30)27-19-6-10-21(11-7-19)32-24-13-22(25-15-26-24)29-18(3)12-17(2)28-29/h4-13,15H,14H2,1-3H3,(H,27,30). The van der Waals surface area contributed by atoms with E-state index in [9.17, 15) is 4.79 Å². The summed E-state index contributed by atoms with van der Waals surface area (Å²) in [5.41, 5.74) is 3.65. The lowest BCUT2D eigenvalue weighted by atomic mass is 10.2. The van der Waals surface area contributed by atoms with Crippen molar-refractivity contribution in [3.8, 4) is 23.2 Å². The lowest BCUT2D eigenvalue weighted by Crippen LogP contribution is -2.20. The van der Waals surface area contributed by atoms with Gasteiger partial charge in [0, 0.05) is 17.4 Å². The molecule has 0 saturated heterocycles. The smallest absolute Gasteiger partial charge is 0.262 e. The van der Waals surface area contributed by atoms with E-state index in [1.165, 1.54) is 6.33 Å². The van der Waals surface area contributed by atoms with Crippen LogP contribution in [0.1, 0.15) is 17.0 Å². The number of benzene rings is 2. The molecule has 1 amide bonds. The number of rotatable bonds is 7. The highest BCUT2D eigenvalue weighted by Crippen LogP contribution is 2.23. The molecule has 4 aromatic rings. The van der Waals surface area contributed by atoms with Crippen LogP contribution in [-0.4, -0.2) is 32.3 Å². The third-order valence-corrected chi connectivity index (χ3v) is 4.61. The zero-order valence-electron chi connectivity index (χ0n) is 18.1. The Bertz CT molecular complexity index is 1220. The van der Waals surface area contributed by atoms with E-state index < -0.39 is 0 Å². The maximum atomic E-state index is 12.1. The Balaban J connectivity index is 1.34. The second kappa shape index (κ2) is 9.30. The summed E-state index contributed by atoms with van der Waals surface area (Å²) in [6.07, 6.45) is 1.43. The van der Waals surface area contributed by atoms with Crippen molar-refractivity contribution in [1.82, 2.24) is 19.7 Å². The fraction of sp³-hybridized carbons (Fsp3) is 0.167. The molecular weight excluding hydrogens is 406 g/mol. The van der Waals surface area contributed by atoms with Gasteiger partial charge in [-0.15, -0.1) is 0 Å². The highest BCUT2D eigenvalue weighted by molar-refractivity contribution is 5.91. The van der Waals surface area contributed by atoms with Crippen molar-refractivity contribution in [3.63, 3.8) is 0 Å². The Hall–Kier alpha value is -4.20. The van der Waals surface area contributed by atoms with E-state index in [4.69, 9.17) is 9.47 Å². The molecule has 0 fully saturated rings. The molecule has 8 nitrogen and oxygen atoms in total. The lowest BCUT2D eigenvalue weighted by Gasteiger charge is -2.09. The third kappa shape index (κ3) is 5.28. The highest BCUT2D eigenvalue weighted by Gasteiger charge is 2.09. The van der Waals surface area contributed by atoms with Gasteiger partial charge in [0.1, 0.15) is 17.8 Å². The van der Waals surface area contributed by atoms with Crippen LogP contribution in [0.4, 0.5) is 5.69 Å². The molecule has 4 rings (SSSR count). The lowest BCUT2D eigenvalue weighted by molar-refractivity contribution is -0.118. The number of nitrogens with one attached hydrogen (secondary N) is 1. The first-order chi connectivity index (χ1) is 15.5. The Morgan fingerprint density at radius 1 is 0.938 bits per heavy atom. The molecule has 32 heavy (non-hydrogen) atoms. The average molecular weight is 429 g/mol. The first-order valence-electron chi connectivity index (χ1n) is 10.1. The van der Waals surface area contributed by atoms with Crippen LogP contribution in [0.3, 0.4) is 0 Å². The second-order valence-electron chi connectivity index (χ2n) is 7.33. The van der Waals surface area contributed by atoms with Gasteiger partial charge in [0.25, 0.3) is 5.91 Å². The van der Waals surface area contributed by atoms with Crippen LogP contribution in [0.25, 0.3) is 5.82 Å². The molecule has 0 aliphatic carbocycles. The minimum atomic E-state index is -0.246. The molecule has 0 spiro atoms. The van der Waals surface area contributed by atoms with Gasteiger partial charge < -0.3 is 14.8 Å². The van der Waals surface area contributed by atoms with Gasteiger partial charge in [-0.2, -0.15) is 5.10 Å². The van der Waals surface area contributed by atoms with E-state index in [1.807, 2.05) is 51.1 Å².